The number of hydrogen-bond donors (Lipinski definition) is 1. The lowest BCUT2D eigenvalue weighted by molar-refractivity contribution is -0.870. The average molecular weight is 1180 g/mol. The number of carbonyl (C=O) groups is 2. The summed E-state index contributed by atoms with van der Waals surface area (Å²) < 4.78 is 34.7. The summed E-state index contributed by atoms with van der Waals surface area (Å²) in [6.07, 6.45) is 81.3. The molecule has 0 amide bonds. The van der Waals surface area contributed by atoms with E-state index in [0.29, 0.717) is 17.4 Å². The third kappa shape index (κ3) is 67.4. The van der Waals surface area contributed by atoms with Gasteiger partial charge in [0, 0.05) is 12.8 Å². The molecule has 0 heterocycles. The predicted molar refractivity (Wildman–Crippen MR) is 354 cm³/mol. The van der Waals surface area contributed by atoms with Crippen LogP contribution in [-0.2, 0) is 32.7 Å². The van der Waals surface area contributed by atoms with Crippen molar-refractivity contribution in [1.29, 1.82) is 0 Å². The summed E-state index contributed by atoms with van der Waals surface area (Å²) in [4.78, 5) is 35.8. The molecule has 0 aliphatic heterocycles. The van der Waals surface area contributed by atoms with Crippen LogP contribution < -0.4 is 0 Å². The zero-order chi connectivity index (χ0) is 59.8. The highest BCUT2D eigenvalue weighted by atomic mass is 31.2. The van der Waals surface area contributed by atoms with E-state index in [0.717, 1.165) is 51.4 Å². The standard InChI is InChI=1S/C72H138NO8P/c1-6-8-10-12-14-16-18-20-22-24-25-26-27-28-29-30-31-32-33-34-35-36-37-38-39-40-41-42-43-44-45-46-47-49-51-53-55-57-59-61-63-65-72(75)81-70(69-80-82(76,77)79-67-66-73(3,4)5)68-78-71(74)64-62-60-58-56-54-52-50-48-23-21-19-17-15-13-11-9-7-2/h18,20,24-25,27-28,70H,6-17,19,21-23,26,29-69H2,1-5H3/p+1/b20-18-,25-24-,28-27-. The van der Waals surface area contributed by atoms with Crippen LogP contribution in [0.5, 0.6) is 0 Å². The number of esters is 2. The first-order valence-corrected chi connectivity index (χ1v) is 37.2. The second-order valence-electron chi connectivity index (χ2n) is 25.6. The topological polar surface area (TPSA) is 108 Å². The highest BCUT2D eigenvalue weighted by Crippen LogP contribution is 2.43. The van der Waals surface area contributed by atoms with Gasteiger partial charge in [-0.3, -0.25) is 18.6 Å². The molecule has 0 fully saturated rings. The van der Waals surface area contributed by atoms with Crippen LogP contribution in [0.25, 0.3) is 0 Å². The monoisotopic (exact) mass is 1180 g/mol. The fourth-order valence-electron chi connectivity index (χ4n) is 10.7. The Balaban J connectivity index is 3.86. The average Bonchev–Trinajstić information content (AvgIpc) is 3.45. The summed E-state index contributed by atoms with van der Waals surface area (Å²) in [5, 5.41) is 0. The summed E-state index contributed by atoms with van der Waals surface area (Å²) in [6, 6.07) is 0. The van der Waals surface area contributed by atoms with E-state index in [1.165, 1.54) is 283 Å². The third-order valence-electron chi connectivity index (χ3n) is 16.2. The van der Waals surface area contributed by atoms with Gasteiger partial charge in [-0.2, -0.15) is 0 Å². The van der Waals surface area contributed by atoms with Crippen molar-refractivity contribution >= 4 is 19.8 Å². The summed E-state index contributed by atoms with van der Waals surface area (Å²) in [5.41, 5.74) is 0. The van der Waals surface area contributed by atoms with Crippen molar-refractivity contribution < 1.29 is 42.1 Å². The van der Waals surface area contributed by atoms with Crippen LogP contribution in [0, 0.1) is 0 Å². The van der Waals surface area contributed by atoms with E-state index in [1.807, 2.05) is 21.1 Å². The molecule has 0 aliphatic carbocycles. The maximum Gasteiger partial charge on any atom is 0.472 e. The van der Waals surface area contributed by atoms with Gasteiger partial charge < -0.3 is 18.9 Å². The van der Waals surface area contributed by atoms with E-state index in [2.05, 4.69) is 50.3 Å². The second kappa shape index (κ2) is 63.7. The maximum absolute atomic E-state index is 12.9. The fraction of sp³-hybridized carbons (Fsp3) is 0.889. The first-order valence-electron chi connectivity index (χ1n) is 35.7. The Morgan fingerprint density at radius 3 is 0.976 bits per heavy atom. The molecule has 2 atom stereocenters. The molecular formula is C72H139NO8P+. The summed E-state index contributed by atoms with van der Waals surface area (Å²) >= 11 is 0. The number of rotatable bonds is 67. The zero-order valence-corrected chi connectivity index (χ0v) is 56.1. The highest BCUT2D eigenvalue weighted by Gasteiger charge is 2.27. The molecule has 10 heteroatoms. The van der Waals surface area contributed by atoms with Crippen molar-refractivity contribution in [1.82, 2.24) is 0 Å². The summed E-state index contributed by atoms with van der Waals surface area (Å²) in [5.74, 6) is -0.774. The zero-order valence-electron chi connectivity index (χ0n) is 55.3. The van der Waals surface area contributed by atoms with Crippen molar-refractivity contribution in [2.24, 2.45) is 0 Å². The van der Waals surface area contributed by atoms with Crippen LogP contribution in [0.2, 0.25) is 0 Å². The largest absolute Gasteiger partial charge is 0.472 e. The molecule has 2 unspecified atom stereocenters. The molecule has 0 saturated carbocycles. The van der Waals surface area contributed by atoms with Crippen LogP contribution in [-0.4, -0.2) is 74.9 Å². The van der Waals surface area contributed by atoms with Gasteiger partial charge in [0.1, 0.15) is 19.8 Å². The Morgan fingerprint density at radius 2 is 0.659 bits per heavy atom. The first-order chi connectivity index (χ1) is 40.0. The van der Waals surface area contributed by atoms with E-state index in [-0.39, 0.29) is 25.6 Å². The molecule has 0 aromatic carbocycles. The van der Waals surface area contributed by atoms with Crippen LogP contribution >= 0.6 is 7.82 Å². The molecule has 0 aliphatic rings. The van der Waals surface area contributed by atoms with Crippen molar-refractivity contribution in [3.05, 3.63) is 36.5 Å². The Bertz CT molecular complexity index is 1480. The lowest BCUT2D eigenvalue weighted by atomic mass is 10.0. The molecule has 0 saturated heterocycles. The van der Waals surface area contributed by atoms with Gasteiger partial charge in [-0.05, 0) is 51.4 Å². The smallest absolute Gasteiger partial charge is 0.462 e. The Labute approximate surface area is 510 Å². The van der Waals surface area contributed by atoms with E-state index < -0.39 is 26.5 Å². The van der Waals surface area contributed by atoms with E-state index in [9.17, 15) is 19.0 Å². The number of unbranched alkanes of at least 4 members (excludes halogenated alkanes) is 47. The molecular weight excluding hydrogens is 1040 g/mol. The molecule has 0 rings (SSSR count). The lowest BCUT2D eigenvalue weighted by Crippen LogP contribution is -2.37. The number of allylic oxidation sites excluding steroid dienone is 6. The van der Waals surface area contributed by atoms with Crippen molar-refractivity contribution in [2.75, 3.05) is 47.5 Å². The minimum atomic E-state index is -4.38. The molecule has 0 bridgehead atoms. The minimum Gasteiger partial charge on any atom is -0.462 e. The molecule has 0 aromatic rings. The molecule has 484 valence electrons. The number of hydrogen-bond acceptors (Lipinski definition) is 7. The van der Waals surface area contributed by atoms with Gasteiger partial charge in [0.05, 0.1) is 27.7 Å². The number of ether oxygens (including phenoxy) is 2. The predicted octanol–water partition coefficient (Wildman–Crippen LogP) is 23.1. The normalized spacial score (nSPS) is 13.3. The van der Waals surface area contributed by atoms with Gasteiger partial charge in [0.25, 0.3) is 0 Å². The third-order valence-corrected chi connectivity index (χ3v) is 17.2. The molecule has 0 aromatic heterocycles. The Morgan fingerprint density at radius 1 is 0.378 bits per heavy atom. The molecule has 0 spiro atoms. The van der Waals surface area contributed by atoms with Gasteiger partial charge in [0.15, 0.2) is 6.10 Å². The SMILES string of the molecule is CCCCCCC/C=C\C/C=C\C/C=C\CCCCCCCCCCCCCCCCCCCCCCCCCCCCC(=O)OC(COC(=O)CCCCCCCCCCCCCCCCCCC)COP(=O)(O)OCC[N+](C)(C)C. The minimum absolute atomic E-state index is 0.0357. The highest BCUT2D eigenvalue weighted by molar-refractivity contribution is 7.47. The van der Waals surface area contributed by atoms with E-state index in [4.69, 9.17) is 18.5 Å². The van der Waals surface area contributed by atoms with Gasteiger partial charge in [0.2, 0.25) is 0 Å². The number of phosphoric ester groups is 1. The van der Waals surface area contributed by atoms with Gasteiger partial charge in [-0.25, -0.2) is 4.57 Å². The fourth-order valence-corrected chi connectivity index (χ4v) is 11.4. The number of carbonyl (C=O) groups excluding carboxylic acids is 2. The number of likely N-dealkylation sites (N-methyl/N-ethyl adjacent to an activating group) is 1. The molecule has 82 heavy (non-hydrogen) atoms. The summed E-state index contributed by atoms with van der Waals surface area (Å²) in [6.45, 7) is 4.49. The van der Waals surface area contributed by atoms with E-state index >= 15 is 0 Å². The van der Waals surface area contributed by atoms with Crippen LogP contribution in [0.4, 0.5) is 0 Å². The number of nitrogens with zero attached hydrogens (tertiary/aromatic N) is 1. The van der Waals surface area contributed by atoms with Gasteiger partial charge in [-0.1, -0.05) is 333 Å². The summed E-state index contributed by atoms with van der Waals surface area (Å²) in [7, 11) is 1.50. The van der Waals surface area contributed by atoms with Crippen LogP contribution in [0.15, 0.2) is 36.5 Å². The van der Waals surface area contributed by atoms with Crippen molar-refractivity contribution in [3.8, 4) is 0 Å². The Hall–Kier alpha value is -1.77. The molecule has 0 radical (unpaired) electrons. The number of quaternary nitrogens is 1. The number of phosphoric acid groups is 1. The van der Waals surface area contributed by atoms with Crippen LogP contribution in [0.3, 0.4) is 0 Å². The van der Waals surface area contributed by atoms with Crippen molar-refractivity contribution in [3.63, 3.8) is 0 Å². The molecule has 9 nitrogen and oxygen atoms in total. The lowest BCUT2D eigenvalue weighted by Gasteiger charge is -2.24. The van der Waals surface area contributed by atoms with Gasteiger partial charge >= 0.3 is 19.8 Å². The van der Waals surface area contributed by atoms with Crippen LogP contribution in [0.1, 0.15) is 361 Å². The first kappa shape index (κ1) is 80.2. The maximum atomic E-state index is 12.9. The van der Waals surface area contributed by atoms with Crippen molar-refractivity contribution in [2.45, 2.75) is 367 Å². The Kier molecular flexibility index (Phi) is 62.3. The molecule has 1 N–H and O–H groups in total. The van der Waals surface area contributed by atoms with E-state index in [1.54, 1.807) is 0 Å². The quantitative estimate of drug-likeness (QED) is 0.0211. The second-order valence-corrected chi connectivity index (χ2v) is 27.1. The van der Waals surface area contributed by atoms with Gasteiger partial charge in [-0.15, -0.1) is 0 Å².